The standard InChI is InChI=1S/C18H26N4OS/c1-15(2)22-9-6-19-17(22)14-20-7-4-8-21(11-10-20)18(23)13-16-5-3-12-24-16/h3,5-6,9,12,15H,4,7-8,10-11,13-14H2,1-2H3. The molecule has 0 N–H and O–H groups in total. The lowest BCUT2D eigenvalue weighted by molar-refractivity contribution is -0.130. The van der Waals surface area contributed by atoms with Crippen molar-refractivity contribution in [1.82, 2.24) is 19.4 Å². The van der Waals surface area contributed by atoms with Crippen molar-refractivity contribution in [2.75, 3.05) is 26.2 Å². The molecule has 3 heterocycles. The van der Waals surface area contributed by atoms with E-state index in [2.05, 4.69) is 34.5 Å². The highest BCUT2D eigenvalue weighted by Gasteiger charge is 2.20. The molecule has 1 aliphatic rings. The molecule has 130 valence electrons. The highest BCUT2D eigenvalue weighted by Crippen LogP contribution is 2.14. The average molecular weight is 346 g/mol. The predicted molar refractivity (Wildman–Crippen MR) is 97.1 cm³/mol. The molecule has 24 heavy (non-hydrogen) atoms. The molecule has 2 aromatic rings. The third-order valence-electron chi connectivity index (χ3n) is 4.52. The molecule has 0 bridgehead atoms. The maximum absolute atomic E-state index is 12.5. The third-order valence-corrected chi connectivity index (χ3v) is 5.39. The molecule has 0 radical (unpaired) electrons. The maximum Gasteiger partial charge on any atom is 0.227 e. The van der Waals surface area contributed by atoms with Crippen LogP contribution >= 0.6 is 11.3 Å². The van der Waals surface area contributed by atoms with Crippen LogP contribution in [0.25, 0.3) is 0 Å². The molecule has 0 saturated carbocycles. The van der Waals surface area contributed by atoms with E-state index >= 15 is 0 Å². The highest BCUT2D eigenvalue weighted by molar-refractivity contribution is 7.10. The van der Waals surface area contributed by atoms with Gasteiger partial charge in [0.15, 0.2) is 0 Å². The molecule has 0 aliphatic carbocycles. The van der Waals surface area contributed by atoms with Crippen LogP contribution in [0.15, 0.2) is 29.9 Å². The van der Waals surface area contributed by atoms with E-state index in [9.17, 15) is 4.79 Å². The van der Waals surface area contributed by atoms with Crippen LogP contribution in [-0.2, 0) is 17.8 Å². The van der Waals surface area contributed by atoms with E-state index in [-0.39, 0.29) is 5.91 Å². The second-order valence-corrected chi connectivity index (χ2v) is 7.64. The van der Waals surface area contributed by atoms with Crippen molar-refractivity contribution >= 4 is 17.2 Å². The van der Waals surface area contributed by atoms with Crippen LogP contribution in [0, 0.1) is 0 Å². The molecule has 0 spiro atoms. The van der Waals surface area contributed by atoms with Crippen molar-refractivity contribution in [3.63, 3.8) is 0 Å². The molecular weight excluding hydrogens is 320 g/mol. The van der Waals surface area contributed by atoms with Gasteiger partial charge < -0.3 is 9.47 Å². The van der Waals surface area contributed by atoms with Crippen LogP contribution in [0.2, 0.25) is 0 Å². The molecule has 5 nitrogen and oxygen atoms in total. The third kappa shape index (κ3) is 4.24. The summed E-state index contributed by atoms with van der Waals surface area (Å²) in [7, 11) is 0. The summed E-state index contributed by atoms with van der Waals surface area (Å²) >= 11 is 1.66. The van der Waals surface area contributed by atoms with Gasteiger partial charge in [0.05, 0.1) is 13.0 Å². The second-order valence-electron chi connectivity index (χ2n) is 6.61. The fourth-order valence-electron chi connectivity index (χ4n) is 3.19. The molecule has 6 heteroatoms. The molecule has 0 aromatic carbocycles. The molecule has 1 saturated heterocycles. The highest BCUT2D eigenvalue weighted by atomic mass is 32.1. The van der Waals surface area contributed by atoms with Crippen molar-refractivity contribution in [3.8, 4) is 0 Å². The van der Waals surface area contributed by atoms with Gasteiger partial charge in [-0.3, -0.25) is 9.69 Å². The number of rotatable bonds is 5. The smallest absolute Gasteiger partial charge is 0.227 e. The molecule has 2 aromatic heterocycles. The van der Waals surface area contributed by atoms with Gasteiger partial charge in [0.1, 0.15) is 5.82 Å². The van der Waals surface area contributed by atoms with E-state index in [1.807, 2.05) is 28.6 Å². The number of amides is 1. The molecule has 1 aliphatic heterocycles. The minimum atomic E-state index is 0.253. The van der Waals surface area contributed by atoms with Gasteiger partial charge in [0.25, 0.3) is 0 Å². The van der Waals surface area contributed by atoms with Crippen molar-refractivity contribution in [1.29, 1.82) is 0 Å². The Morgan fingerprint density at radius 3 is 2.92 bits per heavy atom. The second kappa shape index (κ2) is 7.94. The van der Waals surface area contributed by atoms with Gasteiger partial charge in [-0.2, -0.15) is 0 Å². The fourth-order valence-corrected chi connectivity index (χ4v) is 3.88. The predicted octanol–water partition coefficient (Wildman–Crippen LogP) is 2.80. The lowest BCUT2D eigenvalue weighted by Crippen LogP contribution is -2.36. The number of carbonyl (C=O) groups is 1. The van der Waals surface area contributed by atoms with Crippen LogP contribution in [0.4, 0.5) is 0 Å². The number of imidazole rings is 1. The topological polar surface area (TPSA) is 41.4 Å². The van der Waals surface area contributed by atoms with Crippen LogP contribution < -0.4 is 0 Å². The van der Waals surface area contributed by atoms with E-state index < -0.39 is 0 Å². The maximum atomic E-state index is 12.5. The molecule has 0 unspecified atom stereocenters. The monoisotopic (exact) mass is 346 g/mol. The fraction of sp³-hybridized carbons (Fsp3) is 0.556. The van der Waals surface area contributed by atoms with E-state index in [0.717, 1.165) is 49.8 Å². The minimum Gasteiger partial charge on any atom is -0.341 e. The SMILES string of the molecule is CC(C)n1ccnc1CN1CCCN(C(=O)Cc2cccs2)CC1. The van der Waals surface area contributed by atoms with Crippen molar-refractivity contribution in [2.45, 2.75) is 39.3 Å². The van der Waals surface area contributed by atoms with Crippen LogP contribution in [0.1, 0.15) is 37.0 Å². The first-order valence-electron chi connectivity index (χ1n) is 8.67. The summed E-state index contributed by atoms with van der Waals surface area (Å²) in [5.41, 5.74) is 0. The Hall–Kier alpha value is -1.66. The Morgan fingerprint density at radius 1 is 1.29 bits per heavy atom. The van der Waals surface area contributed by atoms with Crippen LogP contribution in [0.5, 0.6) is 0 Å². The molecule has 1 fully saturated rings. The largest absolute Gasteiger partial charge is 0.341 e. The Balaban J connectivity index is 1.55. The number of aromatic nitrogens is 2. The summed E-state index contributed by atoms with van der Waals surface area (Å²) in [6.07, 6.45) is 5.49. The number of carbonyl (C=O) groups excluding carboxylic acids is 1. The minimum absolute atomic E-state index is 0.253. The summed E-state index contributed by atoms with van der Waals surface area (Å²) in [5, 5.41) is 2.03. The van der Waals surface area contributed by atoms with Gasteiger partial charge in [-0.05, 0) is 31.7 Å². The Kier molecular flexibility index (Phi) is 5.68. The summed E-state index contributed by atoms with van der Waals surface area (Å²) in [5.74, 6) is 1.37. The number of hydrogen-bond acceptors (Lipinski definition) is 4. The van der Waals surface area contributed by atoms with Gasteiger partial charge in [-0.15, -0.1) is 11.3 Å². The van der Waals surface area contributed by atoms with E-state index in [1.54, 1.807) is 11.3 Å². The lowest BCUT2D eigenvalue weighted by atomic mass is 10.3. The van der Waals surface area contributed by atoms with Gasteiger partial charge in [0, 0.05) is 49.5 Å². The van der Waals surface area contributed by atoms with Gasteiger partial charge in [-0.25, -0.2) is 4.98 Å². The van der Waals surface area contributed by atoms with Crippen molar-refractivity contribution in [3.05, 3.63) is 40.6 Å². The summed E-state index contributed by atoms with van der Waals surface area (Å²) in [6, 6.07) is 4.48. The summed E-state index contributed by atoms with van der Waals surface area (Å²) in [4.78, 5) is 22.6. The first-order valence-corrected chi connectivity index (χ1v) is 9.55. The summed E-state index contributed by atoms with van der Waals surface area (Å²) in [6.45, 7) is 8.83. The first-order chi connectivity index (χ1) is 11.6. The molecule has 0 atom stereocenters. The molecule has 3 rings (SSSR count). The Bertz CT molecular complexity index is 650. The zero-order chi connectivity index (χ0) is 16.9. The van der Waals surface area contributed by atoms with E-state index in [1.165, 1.54) is 0 Å². The lowest BCUT2D eigenvalue weighted by Gasteiger charge is -2.22. The Labute approximate surface area is 147 Å². The quantitative estimate of drug-likeness (QED) is 0.836. The van der Waals surface area contributed by atoms with Gasteiger partial charge in [0.2, 0.25) is 5.91 Å². The van der Waals surface area contributed by atoms with Crippen molar-refractivity contribution in [2.24, 2.45) is 0 Å². The number of nitrogens with zero attached hydrogens (tertiary/aromatic N) is 4. The van der Waals surface area contributed by atoms with Gasteiger partial charge in [-0.1, -0.05) is 6.07 Å². The Morgan fingerprint density at radius 2 is 2.17 bits per heavy atom. The zero-order valence-electron chi connectivity index (χ0n) is 14.5. The first kappa shape index (κ1) is 17.2. The average Bonchev–Trinajstić information content (AvgIpc) is 3.16. The van der Waals surface area contributed by atoms with Crippen LogP contribution in [-0.4, -0.2) is 51.4 Å². The van der Waals surface area contributed by atoms with E-state index in [0.29, 0.717) is 12.5 Å². The van der Waals surface area contributed by atoms with Crippen molar-refractivity contribution < 1.29 is 4.79 Å². The molecular formula is C18H26N4OS. The molecule has 1 amide bonds. The van der Waals surface area contributed by atoms with Crippen LogP contribution in [0.3, 0.4) is 0 Å². The van der Waals surface area contributed by atoms with E-state index in [4.69, 9.17) is 0 Å². The van der Waals surface area contributed by atoms with Gasteiger partial charge >= 0.3 is 0 Å². The zero-order valence-corrected chi connectivity index (χ0v) is 15.3. The number of hydrogen-bond donors (Lipinski definition) is 0. The summed E-state index contributed by atoms with van der Waals surface area (Å²) < 4.78 is 2.23. The number of thiophene rings is 1. The normalized spacial score (nSPS) is 16.5.